The third-order valence-electron chi connectivity index (χ3n) is 4.07. The van der Waals surface area contributed by atoms with Gasteiger partial charge in [0.15, 0.2) is 6.10 Å². The average Bonchev–Trinajstić information content (AvgIpc) is 3.25. The number of hydrogen-bond donors (Lipinski definition) is 0. The highest BCUT2D eigenvalue weighted by Crippen LogP contribution is 2.17. The normalized spacial score (nSPS) is 11.5. The quantitative estimate of drug-likeness (QED) is 0.566. The van der Waals surface area contributed by atoms with Crippen LogP contribution in [0.5, 0.6) is 5.75 Å². The summed E-state index contributed by atoms with van der Waals surface area (Å²) in [6.07, 6.45) is -0.904. The third kappa shape index (κ3) is 4.95. The van der Waals surface area contributed by atoms with Crippen molar-refractivity contribution in [3.63, 3.8) is 0 Å². The van der Waals surface area contributed by atoms with Crippen LogP contribution in [-0.2, 0) is 16.1 Å². The Labute approximate surface area is 167 Å². The van der Waals surface area contributed by atoms with Gasteiger partial charge in [-0.1, -0.05) is 18.2 Å². The Morgan fingerprint density at radius 1 is 1.11 bits per heavy atom. The first kappa shape index (κ1) is 19.6. The monoisotopic (exact) mass is 396 g/mol. The minimum atomic E-state index is -0.904. The van der Waals surface area contributed by atoms with Crippen molar-refractivity contribution >= 4 is 28.9 Å². The maximum Gasteiger partial charge on any atom is 0.338 e. The Bertz CT molecular complexity index is 911. The Balaban J connectivity index is 1.55. The van der Waals surface area contributed by atoms with E-state index in [0.29, 0.717) is 17.9 Å². The first-order valence-electron chi connectivity index (χ1n) is 8.68. The molecule has 0 N–H and O–H groups in total. The fraction of sp³-hybridized carbons (Fsp3) is 0.190. The lowest BCUT2D eigenvalue weighted by atomic mass is 10.2. The predicted molar refractivity (Wildman–Crippen MR) is 108 cm³/mol. The van der Waals surface area contributed by atoms with Crippen LogP contribution in [-0.4, -0.2) is 30.0 Å². The van der Waals surface area contributed by atoms with Gasteiger partial charge in [-0.15, -0.1) is 11.3 Å². The molecule has 0 spiro atoms. The third-order valence-corrected chi connectivity index (χ3v) is 4.70. The van der Waals surface area contributed by atoms with Crippen molar-refractivity contribution in [1.29, 1.82) is 0 Å². The number of likely N-dealkylation sites (N-methyl/N-ethyl adjacent to an activating group) is 1. The van der Waals surface area contributed by atoms with E-state index in [9.17, 15) is 9.59 Å². The molecule has 0 fully saturated rings. The first-order valence-corrected chi connectivity index (χ1v) is 9.62. The molecule has 0 saturated heterocycles. The molecule has 0 aliphatic heterocycles. The van der Waals surface area contributed by atoms with Crippen LogP contribution in [0.3, 0.4) is 0 Å². The van der Waals surface area contributed by atoms with Crippen LogP contribution in [0, 0.1) is 0 Å². The molecule has 28 heavy (non-hydrogen) atoms. The van der Waals surface area contributed by atoms with E-state index in [1.807, 2.05) is 35.7 Å². The molecule has 3 aromatic rings. The predicted octanol–water partition coefficient (Wildman–Crippen LogP) is 3.93. The average molecular weight is 396 g/mol. The topological polar surface area (TPSA) is 68.7 Å². The second-order valence-corrected chi connectivity index (χ2v) is 6.79. The van der Waals surface area contributed by atoms with Gasteiger partial charge in [-0.25, -0.2) is 9.78 Å². The fourth-order valence-corrected chi connectivity index (χ4v) is 3.03. The van der Waals surface area contributed by atoms with E-state index in [-0.39, 0.29) is 5.91 Å². The molecule has 1 atom stereocenters. The minimum Gasteiger partial charge on any atom is -0.487 e. The number of carbonyl (C=O) groups excluding carboxylic acids is 2. The Hall–Kier alpha value is -3.19. The van der Waals surface area contributed by atoms with E-state index < -0.39 is 12.1 Å². The molecule has 1 heterocycles. The van der Waals surface area contributed by atoms with Crippen molar-refractivity contribution in [2.75, 3.05) is 11.9 Å². The smallest absolute Gasteiger partial charge is 0.338 e. The molecule has 144 valence electrons. The summed E-state index contributed by atoms with van der Waals surface area (Å²) in [5, 5.41) is 1.91. The zero-order valence-corrected chi connectivity index (χ0v) is 16.4. The number of anilines is 1. The summed E-state index contributed by atoms with van der Waals surface area (Å²) < 4.78 is 10.9. The van der Waals surface area contributed by atoms with Crippen LogP contribution in [0.1, 0.15) is 23.0 Å². The summed E-state index contributed by atoms with van der Waals surface area (Å²) in [7, 11) is 1.65. The molecular formula is C21H20N2O4S. The molecule has 1 aromatic heterocycles. The van der Waals surface area contributed by atoms with Crippen molar-refractivity contribution in [2.24, 2.45) is 0 Å². The van der Waals surface area contributed by atoms with Crippen molar-refractivity contribution < 1.29 is 19.1 Å². The summed E-state index contributed by atoms with van der Waals surface area (Å²) in [5.74, 6) is -0.242. The van der Waals surface area contributed by atoms with Gasteiger partial charge in [-0.05, 0) is 43.3 Å². The SMILES string of the molecule is C[C@@H](OC(=O)c1ccc(OCc2cscn2)cc1)C(=O)N(C)c1ccccc1. The van der Waals surface area contributed by atoms with Crippen LogP contribution >= 0.6 is 11.3 Å². The van der Waals surface area contributed by atoms with Crippen LogP contribution in [0.2, 0.25) is 0 Å². The summed E-state index contributed by atoms with van der Waals surface area (Å²) in [4.78, 5) is 30.4. The molecule has 0 unspecified atom stereocenters. The molecule has 0 aliphatic rings. The van der Waals surface area contributed by atoms with Crippen LogP contribution < -0.4 is 9.64 Å². The van der Waals surface area contributed by atoms with Gasteiger partial charge in [-0.3, -0.25) is 4.79 Å². The molecule has 1 amide bonds. The second-order valence-electron chi connectivity index (χ2n) is 6.07. The van der Waals surface area contributed by atoms with Gasteiger partial charge in [-0.2, -0.15) is 0 Å². The molecular weight excluding hydrogens is 376 g/mol. The highest BCUT2D eigenvalue weighted by atomic mass is 32.1. The van der Waals surface area contributed by atoms with E-state index in [4.69, 9.17) is 9.47 Å². The number of esters is 1. The van der Waals surface area contributed by atoms with Gasteiger partial charge >= 0.3 is 5.97 Å². The fourth-order valence-electron chi connectivity index (χ4n) is 2.48. The second kappa shape index (κ2) is 9.14. The maximum absolute atomic E-state index is 12.5. The highest BCUT2D eigenvalue weighted by Gasteiger charge is 2.23. The summed E-state index contributed by atoms with van der Waals surface area (Å²) >= 11 is 1.51. The van der Waals surface area contributed by atoms with Gasteiger partial charge in [0.05, 0.1) is 16.8 Å². The van der Waals surface area contributed by atoms with Crippen molar-refractivity contribution in [2.45, 2.75) is 19.6 Å². The first-order chi connectivity index (χ1) is 13.5. The molecule has 7 heteroatoms. The van der Waals surface area contributed by atoms with Crippen LogP contribution in [0.4, 0.5) is 5.69 Å². The highest BCUT2D eigenvalue weighted by molar-refractivity contribution is 7.07. The molecule has 0 aliphatic carbocycles. The number of nitrogens with zero attached hydrogens (tertiary/aromatic N) is 2. The van der Waals surface area contributed by atoms with Crippen molar-refractivity contribution in [3.8, 4) is 5.75 Å². The van der Waals surface area contributed by atoms with Crippen LogP contribution in [0.25, 0.3) is 0 Å². The van der Waals surface area contributed by atoms with E-state index in [1.165, 1.54) is 16.2 Å². The van der Waals surface area contributed by atoms with Gasteiger partial charge < -0.3 is 14.4 Å². The number of amides is 1. The number of aromatic nitrogens is 1. The van der Waals surface area contributed by atoms with Gasteiger partial charge in [0, 0.05) is 18.1 Å². The van der Waals surface area contributed by atoms with Crippen molar-refractivity contribution in [1.82, 2.24) is 4.98 Å². The number of benzene rings is 2. The van der Waals surface area contributed by atoms with Crippen LogP contribution in [0.15, 0.2) is 65.5 Å². The van der Waals surface area contributed by atoms with Gasteiger partial charge in [0.1, 0.15) is 12.4 Å². The Morgan fingerprint density at radius 3 is 2.46 bits per heavy atom. The van der Waals surface area contributed by atoms with Crippen molar-refractivity contribution in [3.05, 3.63) is 76.7 Å². The van der Waals surface area contributed by atoms with E-state index >= 15 is 0 Å². The Morgan fingerprint density at radius 2 is 1.82 bits per heavy atom. The number of para-hydroxylation sites is 1. The standard InChI is InChI=1S/C21H20N2O4S/c1-15(20(24)23(2)18-6-4-3-5-7-18)27-21(25)16-8-10-19(11-9-16)26-12-17-13-28-14-22-17/h3-11,13-15H,12H2,1-2H3/t15-/m1/s1. The molecule has 2 aromatic carbocycles. The summed E-state index contributed by atoms with van der Waals surface area (Å²) in [6.45, 7) is 1.93. The molecule has 0 bridgehead atoms. The van der Waals surface area contributed by atoms with Gasteiger partial charge in [0.2, 0.25) is 0 Å². The van der Waals surface area contributed by atoms with E-state index in [2.05, 4.69) is 4.98 Å². The lowest BCUT2D eigenvalue weighted by Gasteiger charge is -2.21. The molecule has 0 radical (unpaired) electrons. The zero-order chi connectivity index (χ0) is 19.9. The van der Waals surface area contributed by atoms with Gasteiger partial charge in [0.25, 0.3) is 5.91 Å². The largest absolute Gasteiger partial charge is 0.487 e. The number of hydrogen-bond acceptors (Lipinski definition) is 6. The lowest BCUT2D eigenvalue weighted by Crippen LogP contribution is -2.37. The number of rotatable bonds is 7. The molecule has 6 nitrogen and oxygen atoms in total. The Kier molecular flexibility index (Phi) is 6.39. The molecule has 0 saturated carbocycles. The summed E-state index contributed by atoms with van der Waals surface area (Å²) in [6, 6.07) is 15.8. The minimum absolute atomic E-state index is 0.303. The summed E-state index contributed by atoms with van der Waals surface area (Å²) in [5.41, 5.74) is 3.68. The maximum atomic E-state index is 12.5. The zero-order valence-electron chi connectivity index (χ0n) is 15.6. The number of ether oxygens (including phenoxy) is 2. The number of carbonyl (C=O) groups is 2. The molecule has 3 rings (SSSR count). The number of thiazole rings is 1. The lowest BCUT2D eigenvalue weighted by molar-refractivity contribution is -0.126. The van der Waals surface area contributed by atoms with E-state index in [1.54, 1.807) is 43.7 Å². The van der Waals surface area contributed by atoms with E-state index in [0.717, 1.165) is 11.4 Å².